The number of fused-ring (bicyclic) bond motifs is 2. The van der Waals surface area contributed by atoms with Crippen molar-refractivity contribution in [3.63, 3.8) is 0 Å². The van der Waals surface area contributed by atoms with E-state index in [0.717, 1.165) is 48.6 Å². The van der Waals surface area contributed by atoms with Crippen LogP contribution in [0, 0.1) is 18.3 Å². The van der Waals surface area contributed by atoms with E-state index in [9.17, 15) is 10.1 Å². The normalized spacial score (nSPS) is 20.9. The minimum absolute atomic E-state index is 0.00120. The molecule has 9 nitrogen and oxygen atoms in total. The van der Waals surface area contributed by atoms with Crippen LogP contribution in [-0.4, -0.2) is 64.7 Å². The third-order valence-corrected chi connectivity index (χ3v) is 7.93. The molecule has 1 aliphatic carbocycles. The van der Waals surface area contributed by atoms with E-state index in [-0.39, 0.29) is 17.4 Å². The van der Waals surface area contributed by atoms with Crippen LogP contribution >= 0.6 is 0 Å². The zero-order valence-electron chi connectivity index (χ0n) is 21.7. The number of carbonyl (C=O) groups is 1. The molecule has 9 heteroatoms. The van der Waals surface area contributed by atoms with E-state index in [0.29, 0.717) is 36.7 Å². The van der Waals surface area contributed by atoms with E-state index < -0.39 is 0 Å². The summed E-state index contributed by atoms with van der Waals surface area (Å²) in [5, 5.41) is 9.45. The van der Waals surface area contributed by atoms with Gasteiger partial charge in [-0.15, -0.1) is 0 Å². The van der Waals surface area contributed by atoms with Crippen LogP contribution < -0.4 is 9.80 Å². The number of aryl methyl sites for hydroxylation is 1. The average Bonchev–Trinajstić information content (AvgIpc) is 3.26. The third kappa shape index (κ3) is 4.16. The molecule has 0 radical (unpaired) electrons. The Balaban J connectivity index is 1.46. The Morgan fingerprint density at radius 3 is 2.68 bits per heavy atom. The zero-order chi connectivity index (χ0) is 26.2. The molecule has 1 saturated carbocycles. The number of pyridine rings is 1. The van der Waals surface area contributed by atoms with Gasteiger partial charge in [0.05, 0.1) is 11.6 Å². The smallest absolute Gasteiger partial charge is 0.273 e. The lowest BCUT2D eigenvalue weighted by atomic mass is 9.66. The van der Waals surface area contributed by atoms with Crippen molar-refractivity contribution in [2.24, 2.45) is 4.99 Å². The Labute approximate surface area is 217 Å². The van der Waals surface area contributed by atoms with Crippen LogP contribution in [-0.2, 0) is 5.41 Å². The first-order valence-electron chi connectivity index (χ1n) is 12.8. The summed E-state index contributed by atoms with van der Waals surface area (Å²) >= 11 is 0. The lowest BCUT2D eigenvalue weighted by Crippen LogP contribution is -2.55. The van der Waals surface area contributed by atoms with Gasteiger partial charge in [0.1, 0.15) is 29.5 Å². The molecule has 1 spiro atoms. The minimum atomic E-state index is -0.0420. The topological polar surface area (TPSA) is 102 Å². The fraction of sp³-hybridized carbons (Fsp3) is 0.429. The Morgan fingerprint density at radius 2 is 2.05 bits per heavy atom. The standard InChI is InChI=1S/C28H32N8O/c1-5-21(15-29)14-22(30-4)36-17-28(9-7-10-28)23-25(32-18-33-26(23)36)34-12-13-35(20(3)16-34)27(37)24-19(2)8-6-11-31-24/h5-6,8,11,14,18,20H,4,7,9-10,12-13,16-17H2,1-3H3/b21-5+,22-14+. The summed E-state index contributed by atoms with van der Waals surface area (Å²) in [5.74, 6) is 2.38. The van der Waals surface area contributed by atoms with Crippen molar-refractivity contribution in [1.82, 2.24) is 19.9 Å². The summed E-state index contributed by atoms with van der Waals surface area (Å²) < 4.78 is 0. The van der Waals surface area contributed by atoms with Crippen molar-refractivity contribution in [2.45, 2.75) is 51.5 Å². The lowest BCUT2D eigenvalue weighted by Gasteiger charge is -2.43. The fourth-order valence-electron chi connectivity index (χ4n) is 5.77. The van der Waals surface area contributed by atoms with Crippen molar-refractivity contribution in [2.75, 3.05) is 36.0 Å². The van der Waals surface area contributed by atoms with E-state index in [4.69, 9.17) is 9.97 Å². The van der Waals surface area contributed by atoms with Gasteiger partial charge in [0.2, 0.25) is 0 Å². The third-order valence-electron chi connectivity index (χ3n) is 7.93. The number of nitriles is 1. The molecule has 0 N–H and O–H groups in total. The Hall–Kier alpha value is -4.06. The quantitative estimate of drug-likeness (QED) is 0.353. The second-order valence-corrected chi connectivity index (χ2v) is 10.1. The summed E-state index contributed by atoms with van der Waals surface area (Å²) in [4.78, 5) is 37.7. The van der Waals surface area contributed by atoms with Gasteiger partial charge in [-0.1, -0.05) is 18.6 Å². The predicted octanol–water partition coefficient (Wildman–Crippen LogP) is 3.78. The molecule has 2 aromatic heterocycles. The zero-order valence-corrected chi connectivity index (χ0v) is 21.7. The second-order valence-electron chi connectivity index (χ2n) is 10.1. The largest absolute Gasteiger partial charge is 0.352 e. The predicted molar refractivity (Wildman–Crippen MR) is 144 cm³/mol. The molecule has 1 atom stereocenters. The number of amides is 1. The van der Waals surface area contributed by atoms with E-state index >= 15 is 0 Å². The summed E-state index contributed by atoms with van der Waals surface area (Å²) in [6, 6.07) is 5.98. The maximum atomic E-state index is 13.3. The molecule has 2 aromatic rings. The van der Waals surface area contributed by atoms with Gasteiger partial charge < -0.3 is 14.7 Å². The van der Waals surface area contributed by atoms with Gasteiger partial charge in [0, 0.05) is 49.4 Å². The number of aliphatic imine (C=N–C) groups is 1. The summed E-state index contributed by atoms with van der Waals surface area (Å²) in [6.45, 7) is 12.3. The number of aromatic nitrogens is 3. The van der Waals surface area contributed by atoms with Gasteiger partial charge in [0.25, 0.3) is 5.91 Å². The van der Waals surface area contributed by atoms with Gasteiger partial charge in [-0.3, -0.25) is 9.78 Å². The van der Waals surface area contributed by atoms with Crippen molar-refractivity contribution >= 4 is 24.3 Å². The second kappa shape index (κ2) is 9.77. The van der Waals surface area contributed by atoms with Crippen LogP contribution in [0.15, 0.2) is 53.2 Å². The SMILES string of the molecule is C=N/C(=C\C(C#N)=C/C)N1CC2(CCC2)c2c(N3CCN(C(=O)c4ncccc4C)C(C)C3)ncnc21. The first-order chi connectivity index (χ1) is 17.9. The molecule has 3 aliphatic rings. The Bertz CT molecular complexity index is 1340. The van der Waals surface area contributed by atoms with E-state index in [2.05, 4.69) is 39.5 Å². The number of rotatable bonds is 5. The van der Waals surface area contributed by atoms with Crippen molar-refractivity contribution in [1.29, 1.82) is 5.26 Å². The highest BCUT2D eigenvalue weighted by atomic mass is 16.2. The highest BCUT2D eigenvalue weighted by Gasteiger charge is 2.51. The monoisotopic (exact) mass is 496 g/mol. The first-order valence-corrected chi connectivity index (χ1v) is 12.8. The van der Waals surface area contributed by atoms with E-state index in [1.807, 2.05) is 30.9 Å². The first kappa shape index (κ1) is 24.6. The number of anilines is 2. The number of nitrogens with zero attached hydrogens (tertiary/aromatic N) is 8. The summed E-state index contributed by atoms with van der Waals surface area (Å²) in [7, 11) is 0. The molecule has 5 rings (SSSR count). The van der Waals surface area contributed by atoms with Crippen molar-refractivity contribution in [3.8, 4) is 6.07 Å². The van der Waals surface area contributed by atoms with Gasteiger partial charge in [-0.05, 0) is 58.0 Å². The van der Waals surface area contributed by atoms with Crippen LogP contribution in [0.2, 0.25) is 0 Å². The van der Waals surface area contributed by atoms with Crippen LogP contribution in [0.4, 0.5) is 11.6 Å². The fourth-order valence-corrected chi connectivity index (χ4v) is 5.77. The van der Waals surface area contributed by atoms with E-state index in [1.165, 1.54) is 0 Å². The molecule has 1 amide bonds. The number of piperazine rings is 1. The minimum Gasteiger partial charge on any atom is -0.352 e. The van der Waals surface area contributed by atoms with Crippen LogP contribution in [0.5, 0.6) is 0 Å². The summed E-state index contributed by atoms with van der Waals surface area (Å²) in [5.41, 5.74) is 3.05. The van der Waals surface area contributed by atoms with E-state index in [1.54, 1.807) is 24.7 Å². The maximum Gasteiger partial charge on any atom is 0.273 e. The average molecular weight is 497 g/mol. The molecule has 190 valence electrons. The van der Waals surface area contributed by atoms with Gasteiger partial charge in [-0.25, -0.2) is 15.0 Å². The highest BCUT2D eigenvalue weighted by molar-refractivity contribution is 5.94. The molecule has 2 fully saturated rings. The molecule has 2 aliphatic heterocycles. The molecule has 4 heterocycles. The number of allylic oxidation sites excluding steroid dienone is 3. The number of carbonyl (C=O) groups excluding carboxylic acids is 1. The van der Waals surface area contributed by atoms with Crippen molar-refractivity contribution < 1.29 is 4.79 Å². The van der Waals surface area contributed by atoms with Gasteiger partial charge >= 0.3 is 0 Å². The highest BCUT2D eigenvalue weighted by Crippen LogP contribution is 2.55. The van der Waals surface area contributed by atoms with Gasteiger partial charge in [0.15, 0.2) is 0 Å². The number of hydrogen-bond donors (Lipinski definition) is 0. The molecular weight excluding hydrogens is 464 g/mol. The van der Waals surface area contributed by atoms with Crippen LogP contribution in [0.25, 0.3) is 0 Å². The molecule has 1 saturated heterocycles. The molecule has 1 unspecified atom stereocenters. The van der Waals surface area contributed by atoms with Crippen LogP contribution in [0.3, 0.4) is 0 Å². The number of hydrogen-bond acceptors (Lipinski definition) is 8. The van der Waals surface area contributed by atoms with Crippen molar-refractivity contribution in [3.05, 3.63) is 65.0 Å². The molecule has 0 bridgehead atoms. The van der Waals surface area contributed by atoms with Gasteiger partial charge in [-0.2, -0.15) is 5.26 Å². The Morgan fingerprint density at radius 1 is 1.27 bits per heavy atom. The summed E-state index contributed by atoms with van der Waals surface area (Å²) in [6.07, 6.45) is 10.1. The van der Waals surface area contributed by atoms with Crippen LogP contribution in [0.1, 0.15) is 54.7 Å². The molecule has 0 aromatic carbocycles. The Kier molecular flexibility index (Phi) is 6.50. The maximum absolute atomic E-state index is 13.3. The lowest BCUT2D eigenvalue weighted by molar-refractivity contribution is 0.0666. The molecule has 37 heavy (non-hydrogen) atoms. The molecular formula is C28H32N8O.